The molecule has 0 saturated carbocycles. The average molecular weight is 281 g/mol. The first kappa shape index (κ1) is 12.8. The lowest BCUT2D eigenvalue weighted by atomic mass is 10.2. The maximum absolute atomic E-state index is 12.0. The molecule has 1 aromatic carbocycles. The molecule has 0 atom stereocenters. The molecular weight excluding hydrogens is 270 g/mol. The number of anilines is 1. The molecule has 104 valence electrons. The Kier molecular flexibility index (Phi) is 3.30. The average Bonchev–Trinajstić information content (AvgIpc) is 3.02. The van der Waals surface area contributed by atoms with Gasteiger partial charge in [0.15, 0.2) is 0 Å². The van der Waals surface area contributed by atoms with Gasteiger partial charge in [-0.3, -0.25) is 9.59 Å². The molecule has 0 saturated heterocycles. The van der Waals surface area contributed by atoms with E-state index in [9.17, 15) is 9.59 Å². The maximum Gasteiger partial charge on any atom is 0.255 e. The number of hydrogen-bond donors (Lipinski definition) is 2. The van der Waals surface area contributed by atoms with Gasteiger partial charge >= 0.3 is 0 Å². The predicted molar refractivity (Wildman–Crippen MR) is 76.4 cm³/mol. The Morgan fingerprint density at radius 1 is 1.10 bits per heavy atom. The summed E-state index contributed by atoms with van der Waals surface area (Å²) in [6, 6.07) is 9.84. The molecule has 7 nitrogen and oxygen atoms in total. The van der Waals surface area contributed by atoms with Gasteiger partial charge in [0.25, 0.3) is 5.91 Å². The van der Waals surface area contributed by atoms with Crippen molar-refractivity contribution in [3.8, 4) is 5.69 Å². The van der Waals surface area contributed by atoms with Crippen molar-refractivity contribution in [2.24, 2.45) is 0 Å². The van der Waals surface area contributed by atoms with E-state index in [1.807, 2.05) is 0 Å². The molecule has 0 unspecified atom stereocenters. The highest BCUT2D eigenvalue weighted by Crippen LogP contribution is 2.12. The molecule has 2 aromatic heterocycles. The van der Waals surface area contributed by atoms with Crippen molar-refractivity contribution >= 4 is 11.6 Å². The molecule has 2 heterocycles. The predicted octanol–water partition coefficient (Wildman–Crippen LogP) is 1.21. The van der Waals surface area contributed by atoms with Crippen LogP contribution >= 0.6 is 0 Å². The zero-order valence-electron chi connectivity index (χ0n) is 10.9. The van der Waals surface area contributed by atoms with Gasteiger partial charge in [-0.25, -0.2) is 0 Å². The molecular formula is C14H11N5O2. The Labute approximate surface area is 119 Å². The Bertz CT molecular complexity index is 806. The number of pyridine rings is 1. The van der Waals surface area contributed by atoms with Crippen LogP contribution in [0.1, 0.15) is 10.4 Å². The Morgan fingerprint density at radius 2 is 1.81 bits per heavy atom. The SMILES string of the molecule is O=C(Nc1ccc(-n2nccn2)cc1)c1cc[nH]c(=O)c1. The van der Waals surface area contributed by atoms with Gasteiger partial charge in [-0.05, 0) is 30.3 Å². The molecule has 3 aromatic rings. The summed E-state index contributed by atoms with van der Waals surface area (Å²) in [7, 11) is 0. The van der Waals surface area contributed by atoms with E-state index >= 15 is 0 Å². The number of aromatic amines is 1. The second-order valence-electron chi connectivity index (χ2n) is 4.26. The second-order valence-corrected chi connectivity index (χ2v) is 4.26. The standard InChI is InChI=1S/C14H11N5O2/c20-13-9-10(5-6-15-13)14(21)18-11-1-3-12(4-2-11)19-16-7-8-17-19/h1-9H,(H,15,20)(H,18,21). The summed E-state index contributed by atoms with van der Waals surface area (Å²) >= 11 is 0. The first-order chi connectivity index (χ1) is 10.2. The summed E-state index contributed by atoms with van der Waals surface area (Å²) in [5.41, 5.74) is 1.39. The zero-order valence-corrected chi connectivity index (χ0v) is 10.9. The Morgan fingerprint density at radius 3 is 2.48 bits per heavy atom. The van der Waals surface area contributed by atoms with E-state index in [1.54, 1.807) is 42.7 Å². The first-order valence-corrected chi connectivity index (χ1v) is 6.19. The van der Waals surface area contributed by atoms with Crippen LogP contribution in [0.3, 0.4) is 0 Å². The van der Waals surface area contributed by atoms with Crippen LogP contribution in [0.15, 0.2) is 59.8 Å². The van der Waals surface area contributed by atoms with E-state index in [1.165, 1.54) is 17.1 Å². The number of amides is 1. The van der Waals surface area contributed by atoms with Gasteiger partial charge in [-0.1, -0.05) is 0 Å². The van der Waals surface area contributed by atoms with E-state index in [2.05, 4.69) is 20.5 Å². The number of H-pyrrole nitrogens is 1. The molecule has 7 heteroatoms. The number of rotatable bonds is 3. The number of nitrogens with one attached hydrogen (secondary N) is 2. The molecule has 0 fully saturated rings. The third-order valence-corrected chi connectivity index (χ3v) is 2.81. The highest BCUT2D eigenvalue weighted by atomic mass is 16.2. The normalized spacial score (nSPS) is 10.3. The first-order valence-electron chi connectivity index (χ1n) is 6.19. The molecule has 0 aliphatic carbocycles. The lowest BCUT2D eigenvalue weighted by Gasteiger charge is -2.06. The van der Waals surface area contributed by atoms with Crippen molar-refractivity contribution in [2.45, 2.75) is 0 Å². The quantitative estimate of drug-likeness (QED) is 0.754. The number of carbonyl (C=O) groups excluding carboxylic acids is 1. The van der Waals surface area contributed by atoms with Crippen LogP contribution in [0.5, 0.6) is 0 Å². The minimum Gasteiger partial charge on any atom is -0.329 e. The van der Waals surface area contributed by atoms with Gasteiger partial charge < -0.3 is 10.3 Å². The summed E-state index contributed by atoms with van der Waals surface area (Å²) in [6.07, 6.45) is 4.61. The van der Waals surface area contributed by atoms with E-state index in [4.69, 9.17) is 0 Å². The van der Waals surface area contributed by atoms with E-state index in [0.29, 0.717) is 11.3 Å². The van der Waals surface area contributed by atoms with Crippen LogP contribution in [0.2, 0.25) is 0 Å². The molecule has 0 radical (unpaired) electrons. The number of aromatic nitrogens is 4. The van der Waals surface area contributed by atoms with E-state index in [-0.39, 0.29) is 11.5 Å². The largest absolute Gasteiger partial charge is 0.329 e. The number of carbonyl (C=O) groups is 1. The van der Waals surface area contributed by atoms with Crippen LogP contribution in [-0.4, -0.2) is 25.9 Å². The van der Waals surface area contributed by atoms with Gasteiger partial charge in [-0.15, -0.1) is 0 Å². The molecule has 0 spiro atoms. The summed E-state index contributed by atoms with van der Waals surface area (Å²) < 4.78 is 0. The fraction of sp³-hybridized carbons (Fsp3) is 0. The Balaban J connectivity index is 1.76. The van der Waals surface area contributed by atoms with Crippen molar-refractivity contribution in [2.75, 3.05) is 5.32 Å². The van der Waals surface area contributed by atoms with Crippen LogP contribution in [-0.2, 0) is 0 Å². The molecule has 21 heavy (non-hydrogen) atoms. The van der Waals surface area contributed by atoms with Crippen molar-refractivity contribution in [3.05, 3.63) is 70.9 Å². The Hall–Kier alpha value is -3.22. The van der Waals surface area contributed by atoms with Gasteiger partial charge in [0.2, 0.25) is 5.56 Å². The monoisotopic (exact) mass is 281 g/mol. The molecule has 2 N–H and O–H groups in total. The third kappa shape index (κ3) is 2.86. The zero-order chi connectivity index (χ0) is 14.7. The topological polar surface area (TPSA) is 92.7 Å². The van der Waals surface area contributed by atoms with Crippen LogP contribution in [0, 0.1) is 0 Å². The molecule has 3 rings (SSSR count). The molecule has 0 aliphatic rings. The summed E-state index contributed by atoms with van der Waals surface area (Å²) in [6.45, 7) is 0. The van der Waals surface area contributed by atoms with Crippen LogP contribution in [0.25, 0.3) is 5.69 Å². The smallest absolute Gasteiger partial charge is 0.255 e. The number of benzene rings is 1. The van der Waals surface area contributed by atoms with Crippen molar-refractivity contribution < 1.29 is 4.79 Å². The van der Waals surface area contributed by atoms with Crippen LogP contribution < -0.4 is 10.9 Å². The lowest BCUT2D eigenvalue weighted by Crippen LogP contribution is -2.15. The molecule has 0 aliphatic heterocycles. The van der Waals surface area contributed by atoms with Gasteiger partial charge in [-0.2, -0.15) is 15.0 Å². The number of hydrogen-bond acceptors (Lipinski definition) is 4. The second kappa shape index (κ2) is 5.41. The fourth-order valence-corrected chi connectivity index (χ4v) is 1.82. The molecule has 1 amide bonds. The van der Waals surface area contributed by atoms with Gasteiger partial charge in [0, 0.05) is 23.5 Å². The summed E-state index contributed by atoms with van der Waals surface area (Å²) in [4.78, 5) is 27.1. The highest BCUT2D eigenvalue weighted by Gasteiger charge is 2.06. The third-order valence-electron chi connectivity index (χ3n) is 2.81. The summed E-state index contributed by atoms with van der Waals surface area (Å²) in [5.74, 6) is -0.342. The van der Waals surface area contributed by atoms with Gasteiger partial charge in [0.05, 0.1) is 18.1 Å². The van der Waals surface area contributed by atoms with Crippen molar-refractivity contribution in [3.63, 3.8) is 0 Å². The minimum absolute atomic E-state index is 0.302. The van der Waals surface area contributed by atoms with Gasteiger partial charge in [0.1, 0.15) is 0 Å². The van der Waals surface area contributed by atoms with Crippen LogP contribution in [0.4, 0.5) is 5.69 Å². The van der Waals surface area contributed by atoms with Crippen molar-refractivity contribution in [1.29, 1.82) is 0 Å². The number of nitrogens with zero attached hydrogens (tertiary/aromatic N) is 3. The summed E-state index contributed by atoms with van der Waals surface area (Å²) in [5, 5.41) is 10.7. The maximum atomic E-state index is 12.0. The lowest BCUT2D eigenvalue weighted by molar-refractivity contribution is 0.102. The fourth-order valence-electron chi connectivity index (χ4n) is 1.82. The van der Waals surface area contributed by atoms with E-state index < -0.39 is 0 Å². The van der Waals surface area contributed by atoms with Crippen molar-refractivity contribution in [1.82, 2.24) is 20.0 Å². The molecule has 0 bridgehead atoms. The highest BCUT2D eigenvalue weighted by molar-refractivity contribution is 6.04. The van der Waals surface area contributed by atoms with E-state index in [0.717, 1.165) is 5.69 Å². The minimum atomic E-state index is -0.342.